The van der Waals surface area contributed by atoms with Crippen LogP contribution in [0.25, 0.3) is 0 Å². The lowest BCUT2D eigenvalue weighted by Crippen LogP contribution is -1.43. The van der Waals surface area contributed by atoms with Gasteiger partial charge in [-0.1, -0.05) is 101 Å². The number of allylic oxidation sites excluding steroid dienone is 4. The van der Waals surface area contributed by atoms with E-state index in [2.05, 4.69) is 38.2 Å². The van der Waals surface area contributed by atoms with Gasteiger partial charge in [0.1, 0.15) is 0 Å². The van der Waals surface area contributed by atoms with Crippen LogP contribution >= 0.6 is 0 Å². The van der Waals surface area contributed by atoms with Gasteiger partial charge < -0.3 is 0 Å². The highest BCUT2D eigenvalue weighted by molar-refractivity contribution is 4.73. The zero-order valence-corrected chi connectivity index (χ0v) is 15.7. The maximum absolute atomic E-state index is 2.12. The van der Waals surface area contributed by atoms with Crippen LogP contribution in [0.4, 0.5) is 0 Å². The Balaban J connectivity index is -0.0000000194. The van der Waals surface area contributed by atoms with E-state index >= 15 is 0 Å². The molecule has 0 aromatic rings. The van der Waals surface area contributed by atoms with Crippen molar-refractivity contribution >= 4 is 0 Å². The molecule has 124 valence electrons. The van der Waals surface area contributed by atoms with E-state index in [0.717, 1.165) is 12.8 Å². The second kappa shape index (κ2) is 158. The molecule has 0 aliphatic rings. The summed E-state index contributed by atoms with van der Waals surface area (Å²) in [6, 6.07) is 0. The molecule has 0 spiro atoms. The van der Waals surface area contributed by atoms with Crippen LogP contribution in [0.2, 0.25) is 0 Å². The fourth-order valence-corrected chi connectivity index (χ4v) is 0.471. The second-order valence-electron chi connectivity index (χ2n) is 1.95. The van der Waals surface area contributed by atoms with Crippen molar-refractivity contribution in [2.75, 3.05) is 0 Å². The highest BCUT2D eigenvalue weighted by Crippen LogP contribution is 1.74. The van der Waals surface area contributed by atoms with E-state index in [1.807, 2.05) is 69.2 Å². The van der Waals surface area contributed by atoms with Crippen LogP contribution in [0, 0.1) is 0 Å². The van der Waals surface area contributed by atoms with Gasteiger partial charge >= 0.3 is 0 Å². The summed E-state index contributed by atoms with van der Waals surface area (Å²) in [5, 5.41) is 0. The Hall–Kier alpha value is -0.520. The molecule has 0 saturated carbocycles. The molecule has 0 fully saturated rings. The topological polar surface area (TPSA) is 0 Å². The lowest BCUT2D eigenvalue weighted by Gasteiger charge is -1.65. The zero-order valence-electron chi connectivity index (χ0n) is 15.7. The maximum Gasteiger partial charge on any atom is -0.0379 e. The molecule has 0 radical (unpaired) electrons. The average molecular weight is 277 g/mol. The molecule has 0 aromatic carbocycles. The van der Waals surface area contributed by atoms with Gasteiger partial charge in [-0.2, -0.15) is 0 Å². The second-order valence-corrected chi connectivity index (χ2v) is 1.95. The van der Waals surface area contributed by atoms with Crippen molar-refractivity contribution in [3.63, 3.8) is 0 Å². The molecule has 0 aromatic heterocycles. The number of rotatable bonds is 2. The van der Waals surface area contributed by atoms with Gasteiger partial charge in [-0.15, -0.1) is 0 Å². The Morgan fingerprint density at radius 1 is 0.526 bits per heavy atom. The minimum atomic E-state index is 0. The first-order valence-corrected chi connectivity index (χ1v) is 8.05. The SMILES string of the molecule is C.C/C=C\CC.C/C=C\CC.CC.CC.CC.CC. The quantitative estimate of drug-likeness (QED) is 0.442. The first-order chi connectivity index (χ1) is 8.83. The summed E-state index contributed by atoms with van der Waals surface area (Å²) in [6.45, 7) is 24.3. The van der Waals surface area contributed by atoms with Gasteiger partial charge in [0.15, 0.2) is 0 Å². The highest BCUT2D eigenvalue weighted by Gasteiger charge is 1.52. The molecule has 0 saturated heterocycles. The fourth-order valence-electron chi connectivity index (χ4n) is 0.471. The van der Waals surface area contributed by atoms with Crippen LogP contribution in [0.1, 0.15) is 103 Å². The fraction of sp³-hybridized carbons (Fsp3) is 0.789. The van der Waals surface area contributed by atoms with Crippen LogP contribution in [0.3, 0.4) is 0 Å². The summed E-state index contributed by atoms with van der Waals surface area (Å²) in [6.07, 6.45) is 10.7. The Labute approximate surface area is 128 Å². The predicted molar refractivity (Wildman–Crippen MR) is 102 cm³/mol. The van der Waals surface area contributed by atoms with Crippen molar-refractivity contribution in [1.82, 2.24) is 0 Å². The molecule has 0 rings (SSSR count). The van der Waals surface area contributed by atoms with E-state index in [9.17, 15) is 0 Å². The van der Waals surface area contributed by atoms with E-state index in [4.69, 9.17) is 0 Å². The Morgan fingerprint density at radius 3 is 0.684 bits per heavy atom. The first kappa shape index (κ1) is 42.8. The number of hydrogen-bond donors (Lipinski definition) is 0. The van der Waals surface area contributed by atoms with Crippen LogP contribution in [0.5, 0.6) is 0 Å². The van der Waals surface area contributed by atoms with E-state index in [1.54, 1.807) is 0 Å². The van der Waals surface area contributed by atoms with Crippen LogP contribution in [-0.4, -0.2) is 0 Å². The molecule has 0 heterocycles. The molecule has 0 nitrogen and oxygen atoms in total. The smallest absolute Gasteiger partial charge is 0.0379 e. The van der Waals surface area contributed by atoms with Crippen LogP contribution in [0.15, 0.2) is 24.3 Å². The molecule has 0 bridgehead atoms. The third-order valence-corrected chi connectivity index (χ3v) is 0.943. The lowest BCUT2D eigenvalue weighted by molar-refractivity contribution is 1.22. The van der Waals surface area contributed by atoms with E-state index in [-0.39, 0.29) is 7.43 Å². The summed E-state index contributed by atoms with van der Waals surface area (Å²) < 4.78 is 0. The molecule has 19 heavy (non-hydrogen) atoms. The summed E-state index contributed by atoms with van der Waals surface area (Å²) in [7, 11) is 0. The molecule has 0 aliphatic heterocycles. The van der Waals surface area contributed by atoms with Gasteiger partial charge in [0.05, 0.1) is 0 Å². The van der Waals surface area contributed by atoms with E-state index in [1.165, 1.54) is 0 Å². The highest BCUT2D eigenvalue weighted by atomic mass is 13.6. The molecular formula is C19H48. The summed E-state index contributed by atoms with van der Waals surface area (Å²) in [5.41, 5.74) is 0. The van der Waals surface area contributed by atoms with Crippen molar-refractivity contribution in [2.45, 2.75) is 103 Å². The van der Waals surface area contributed by atoms with Gasteiger partial charge in [-0.3, -0.25) is 0 Å². The van der Waals surface area contributed by atoms with Gasteiger partial charge in [0, 0.05) is 0 Å². The normalized spacial score (nSPS) is 6.53. The van der Waals surface area contributed by atoms with Crippen molar-refractivity contribution < 1.29 is 0 Å². The lowest BCUT2D eigenvalue weighted by atomic mass is 10.4. The van der Waals surface area contributed by atoms with Gasteiger partial charge in [0.25, 0.3) is 0 Å². The molecule has 0 amide bonds. The number of hydrogen-bond acceptors (Lipinski definition) is 0. The maximum atomic E-state index is 2.12. The van der Waals surface area contributed by atoms with E-state index < -0.39 is 0 Å². The van der Waals surface area contributed by atoms with Gasteiger partial charge in [0.2, 0.25) is 0 Å². The molecule has 0 unspecified atom stereocenters. The van der Waals surface area contributed by atoms with Crippen molar-refractivity contribution in [3.05, 3.63) is 24.3 Å². The predicted octanol–water partition coefficient (Wildman–Crippen LogP) is 8.69. The van der Waals surface area contributed by atoms with Crippen LogP contribution in [-0.2, 0) is 0 Å². The molecule has 0 atom stereocenters. The third kappa shape index (κ3) is 346. The summed E-state index contributed by atoms with van der Waals surface area (Å²) in [4.78, 5) is 0. The molecular weight excluding hydrogens is 228 g/mol. The summed E-state index contributed by atoms with van der Waals surface area (Å²) in [5.74, 6) is 0. The van der Waals surface area contributed by atoms with Crippen molar-refractivity contribution in [1.29, 1.82) is 0 Å². The van der Waals surface area contributed by atoms with Gasteiger partial charge in [-0.05, 0) is 26.7 Å². The van der Waals surface area contributed by atoms with E-state index in [0.29, 0.717) is 0 Å². The average Bonchev–Trinajstić information content (AvgIpc) is 2.50. The van der Waals surface area contributed by atoms with Crippen LogP contribution < -0.4 is 0 Å². The van der Waals surface area contributed by atoms with Crippen molar-refractivity contribution in [3.8, 4) is 0 Å². The minimum absolute atomic E-state index is 0. The molecule has 0 heteroatoms. The third-order valence-electron chi connectivity index (χ3n) is 0.943. The van der Waals surface area contributed by atoms with Gasteiger partial charge in [-0.25, -0.2) is 0 Å². The molecule has 0 N–H and O–H groups in total. The first-order valence-electron chi connectivity index (χ1n) is 8.05. The standard InChI is InChI=1S/2C5H10.4C2H6.CH4/c2*1-3-5-4-2;4*1-2;/h2*3,5H,4H2,1-2H3;4*1-2H3;1H4/b2*5-3-;;;;;. The largest absolute Gasteiger partial charge is 0.0917 e. The monoisotopic (exact) mass is 276 g/mol. The Bertz CT molecular complexity index is 66.0. The van der Waals surface area contributed by atoms with Crippen molar-refractivity contribution in [2.24, 2.45) is 0 Å². The Morgan fingerprint density at radius 2 is 0.684 bits per heavy atom. The summed E-state index contributed by atoms with van der Waals surface area (Å²) >= 11 is 0. The molecule has 0 aliphatic carbocycles. The zero-order chi connectivity index (χ0) is 16.2. The Kier molecular flexibility index (Phi) is 356. The minimum Gasteiger partial charge on any atom is -0.0917 e.